The van der Waals surface area contributed by atoms with E-state index in [-0.39, 0.29) is 5.92 Å². The van der Waals surface area contributed by atoms with E-state index in [0.29, 0.717) is 0 Å². The highest BCUT2D eigenvalue weighted by Gasteiger charge is 2.23. The fourth-order valence-corrected chi connectivity index (χ4v) is 8.82. The van der Waals surface area contributed by atoms with Gasteiger partial charge in [-0.2, -0.15) is 0 Å². The zero-order chi connectivity index (χ0) is 36.3. The number of rotatable bonds is 5. The molecule has 2 heterocycles. The quantitative estimate of drug-likeness (QED) is 0.170. The van der Waals surface area contributed by atoms with Crippen molar-refractivity contribution in [1.29, 1.82) is 0 Å². The van der Waals surface area contributed by atoms with Crippen molar-refractivity contribution in [2.24, 2.45) is 4.99 Å². The van der Waals surface area contributed by atoms with E-state index in [2.05, 4.69) is 205 Å². The number of hydrogen-bond acceptors (Lipinski definition) is 1. The molecule has 1 unspecified atom stereocenters. The molecule has 0 amide bonds. The van der Waals surface area contributed by atoms with Crippen molar-refractivity contribution < 1.29 is 0 Å². The number of allylic oxidation sites excluding steroid dienone is 1. The van der Waals surface area contributed by atoms with E-state index >= 15 is 0 Å². The minimum atomic E-state index is 0.129. The van der Waals surface area contributed by atoms with Gasteiger partial charge in [-0.1, -0.05) is 164 Å². The summed E-state index contributed by atoms with van der Waals surface area (Å²) in [6.45, 7) is 0. The summed E-state index contributed by atoms with van der Waals surface area (Å²) < 4.78 is 2.47. The van der Waals surface area contributed by atoms with Crippen LogP contribution in [-0.2, 0) is 0 Å². The largest absolute Gasteiger partial charge is 0.309 e. The van der Waals surface area contributed by atoms with Gasteiger partial charge in [0, 0.05) is 40.1 Å². The third-order valence-corrected chi connectivity index (χ3v) is 11.5. The van der Waals surface area contributed by atoms with E-state index in [0.717, 1.165) is 23.4 Å². The normalized spacial score (nSPS) is 14.5. The van der Waals surface area contributed by atoms with Crippen LogP contribution in [0.4, 0.5) is 0 Å². The Kier molecular flexibility index (Phi) is 7.34. The predicted octanol–water partition coefficient (Wildman–Crippen LogP) is 13.9. The van der Waals surface area contributed by atoms with Gasteiger partial charge in [0.25, 0.3) is 0 Å². The molecule has 0 N–H and O–H groups in total. The van der Waals surface area contributed by atoms with Gasteiger partial charge in [-0.25, -0.2) is 0 Å². The molecule has 0 radical (unpaired) electrons. The molecule has 1 aliphatic heterocycles. The fraction of sp³-hybridized carbons (Fsp3) is 0.0377. The van der Waals surface area contributed by atoms with Crippen molar-refractivity contribution in [2.45, 2.75) is 12.3 Å². The van der Waals surface area contributed by atoms with Crippen LogP contribution in [0.2, 0.25) is 0 Å². The van der Waals surface area contributed by atoms with Gasteiger partial charge >= 0.3 is 0 Å². The van der Waals surface area contributed by atoms with Crippen molar-refractivity contribution in [1.82, 2.24) is 4.57 Å². The predicted molar refractivity (Wildman–Crippen MR) is 233 cm³/mol. The average Bonchev–Trinajstić information content (AvgIpc) is 3.62. The molecule has 11 rings (SSSR count). The molecule has 1 atom stereocenters. The molecule has 0 bridgehead atoms. The second-order valence-corrected chi connectivity index (χ2v) is 14.7. The van der Waals surface area contributed by atoms with Crippen molar-refractivity contribution in [3.05, 3.63) is 217 Å². The Hall–Kier alpha value is -7.03. The molecular weight excluding hydrogens is 665 g/mol. The lowest BCUT2D eigenvalue weighted by Crippen LogP contribution is -2.13. The summed E-state index contributed by atoms with van der Waals surface area (Å²) in [7, 11) is 0. The summed E-state index contributed by atoms with van der Waals surface area (Å²) in [5.74, 6) is 0.129. The Morgan fingerprint density at radius 1 is 0.418 bits per heavy atom. The maximum atomic E-state index is 5.42. The monoisotopic (exact) mass is 700 g/mol. The van der Waals surface area contributed by atoms with E-state index in [1.165, 1.54) is 82.1 Å². The standard InChI is InChI=1S/C53H36N2/c1-2-12-35(13-3-1)40-18-10-20-42(30-40)48-33-44(34-49(54-48)43-25-24-36-14-4-5-17-39(36)31-43)41-19-11-21-45(32-41)55-50-28-26-37-15-6-8-22-46(37)52(50)53-47-23-9-7-16-38(47)27-29-51(53)55/h1-33,44H,34H2. The smallest absolute Gasteiger partial charge is 0.0672 e. The lowest BCUT2D eigenvalue weighted by Gasteiger charge is -2.23. The summed E-state index contributed by atoms with van der Waals surface area (Å²) in [6, 6.07) is 70.7. The van der Waals surface area contributed by atoms with Crippen LogP contribution in [0.3, 0.4) is 0 Å². The zero-order valence-electron chi connectivity index (χ0n) is 30.2. The van der Waals surface area contributed by atoms with E-state index in [4.69, 9.17) is 4.99 Å². The number of aromatic nitrogens is 1. The highest BCUT2D eigenvalue weighted by atomic mass is 15.0. The van der Waals surface area contributed by atoms with Gasteiger partial charge in [-0.05, 0) is 91.0 Å². The van der Waals surface area contributed by atoms with Gasteiger partial charge in [0.2, 0.25) is 0 Å². The third-order valence-electron chi connectivity index (χ3n) is 11.5. The Bertz CT molecular complexity index is 3090. The number of benzene rings is 9. The van der Waals surface area contributed by atoms with Gasteiger partial charge in [0.15, 0.2) is 0 Å². The van der Waals surface area contributed by atoms with Crippen LogP contribution in [-0.4, -0.2) is 10.3 Å². The Labute approximate surface area is 320 Å². The van der Waals surface area contributed by atoms with Crippen LogP contribution < -0.4 is 0 Å². The van der Waals surface area contributed by atoms with E-state index < -0.39 is 0 Å². The molecule has 258 valence electrons. The van der Waals surface area contributed by atoms with Crippen LogP contribution in [0.15, 0.2) is 205 Å². The first-order chi connectivity index (χ1) is 27.2. The van der Waals surface area contributed by atoms with Crippen LogP contribution in [0, 0.1) is 0 Å². The van der Waals surface area contributed by atoms with Crippen LogP contribution in [0.1, 0.15) is 29.0 Å². The summed E-state index contributed by atoms with van der Waals surface area (Å²) in [5.41, 5.74) is 11.7. The molecule has 0 aliphatic carbocycles. The topological polar surface area (TPSA) is 17.3 Å². The minimum Gasteiger partial charge on any atom is -0.309 e. The van der Waals surface area contributed by atoms with E-state index in [9.17, 15) is 0 Å². The minimum absolute atomic E-state index is 0.129. The number of hydrogen-bond donors (Lipinski definition) is 0. The lowest BCUT2D eigenvalue weighted by molar-refractivity contribution is 0.877. The lowest BCUT2D eigenvalue weighted by atomic mass is 9.86. The summed E-state index contributed by atoms with van der Waals surface area (Å²) in [6.07, 6.45) is 3.20. The molecule has 0 fully saturated rings. The first kappa shape index (κ1) is 31.5. The second-order valence-electron chi connectivity index (χ2n) is 14.7. The van der Waals surface area contributed by atoms with E-state index in [1.54, 1.807) is 0 Å². The zero-order valence-corrected chi connectivity index (χ0v) is 30.2. The van der Waals surface area contributed by atoms with Gasteiger partial charge in [0.1, 0.15) is 0 Å². The van der Waals surface area contributed by atoms with Crippen LogP contribution >= 0.6 is 0 Å². The molecule has 55 heavy (non-hydrogen) atoms. The van der Waals surface area contributed by atoms with Gasteiger partial charge < -0.3 is 4.57 Å². The Morgan fingerprint density at radius 3 is 1.76 bits per heavy atom. The highest BCUT2D eigenvalue weighted by Crippen LogP contribution is 2.42. The molecule has 0 spiro atoms. The average molecular weight is 701 g/mol. The highest BCUT2D eigenvalue weighted by molar-refractivity contribution is 6.28. The SMILES string of the molecule is C1=C(c2cccc(-c3ccccc3)c2)N=C(c2ccc3ccccc3c2)CC1c1cccc(-n2c3ccc4ccccc4c3c3c4ccccc4ccc32)c1. The molecule has 2 heteroatoms. The summed E-state index contributed by atoms with van der Waals surface area (Å²) in [4.78, 5) is 5.42. The number of fused-ring (bicyclic) bond motifs is 8. The molecule has 0 saturated carbocycles. The maximum absolute atomic E-state index is 5.42. The van der Waals surface area contributed by atoms with Gasteiger partial charge in [-0.15, -0.1) is 0 Å². The van der Waals surface area contributed by atoms with Crippen LogP contribution in [0.25, 0.3) is 76.6 Å². The van der Waals surface area contributed by atoms with Crippen molar-refractivity contribution >= 4 is 65.5 Å². The molecule has 10 aromatic rings. The van der Waals surface area contributed by atoms with E-state index in [1.807, 2.05) is 0 Å². The van der Waals surface area contributed by atoms with Crippen molar-refractivity contribution in [3.63, 3.8) is 0 Å². The van der Waals surface area contributed by atoms with Crippen LogP contribution in [0.5, 0.6) is 0 Å². The Balaban J connectivity index is 1.09. The van der Waals surface area contributed by atoms with Crippen molar-refractivity contribution in [3.8, 4) is 16.8 Å². The molecule has 9 aromatic carbocycles. The summed E-state index contributed by atoms with van der Waals surface area (Å²) in [5, 5.41) is 10.2. The van der Waals surface area contributed by atoms with Crippen molar-refractivity contribution in [2.75, 3.05) is 0 Å². The summed E-state index contributed by atoms with van der Waals surface area (Å²) >= 11 is 0. The molecular formula is C53H36N2. The van der Waals surface area contributed by atoms with Gasteiger partial charge in [0.05, 0.1) is 16.7 Å². The molecule has 1 aromatic heterocycles. The second kappa shape index (κ2) is 12.8. The first-order valence-corrected chi connectivity index (χ1v) is 19.1. The number of nitrogens with zero attached hydrogens (tertiary/aromatic N) is 2. The molecule has 1 aliphatic rings. The van der Waals surface area contributed by atoms with Gasteiger partial charge in [-0.3, -0.25) is 4.99 Å². The molecule has 0 saturated heterocycles. The fourth-order valence-electron chi connectivity index (χ4n) is 8.82. The first-order valence-electron chi connectivity index (χ1n) is 19.1. The Morgan fingerprint density at radius 2 is 1.02 bits per heavy atom. The number of aliphatic imine (C=N–C) groups is 1. The third kappa shape index (κ3) is 5.37. The molecule has 2 nitrogen and oxygen atoms in total. The maximum Gasteiger partial charge on any atom is 0.0672 e.